The van der Waals surface area contributed by atoms with Gasteiger partial charge in [0.05, 0.1) is 0 Å². The number of nitrogens with zero attached hydrogens (tertiary/aromatic N) is 1. The molecule has 1 aromatic carbocycles. The molecule has 0 saturated heterocycles. The lowest BCUT2D eigenvalue weighted by atomic mass is 10.1. The van der Waals surface area contributed by atoms with Crippen molar-refractivity contribution in [2.45, 2.75) is 13.1 Å². The molecule has 0 spiro atoms. The van der Waals surface area contributed by atoms with Crippen LogP contribution in [0, 0.1) is 0 Å². The van der Waals surface area contributed by atoms with Crippen molar-refractivity contribution in [1.82, 2.24) is 4.98 Å². The van der Waals surface area contributed by atoms with E-state index in [9.17, 15) is 4.79 Å². The summed E-state index contributed by atoms with van der Waals surface area (Å²) in [6, 6.07) is 11.9. The number of ketones is 1. The molecule has 1 aromatic heterocycles. The van der Waals surface area contributed by atoms with Crippen LogP contribution < -0.4 is 10.4 Å². The van der Waals surface area contributed by atoms with E-state index >= 15 is 0 Å². The van der Waals surface area contributed by atoms with Gasteiger partial charge in [-0.3, -0.25) is 9.78 Å². The number of carbonyl (C=O) groups is 1. The number of fused-ring (bicyclic) bond motifs is 2. The van der Waals surface area contributed by atoms with Crippen molar-refractivity contribution >= 4 is 24.2 Å². The lowest BCUT2D eigenvalue weighted by Gasteiger charge is -2.31. The molecule has 0 atom stereocenters. The Morgan fingerprint density at radius 1 is 1.00 bits per heavy atom. The first-order chi connectivity index (χ1) is 8.12. The van der Waals surface area contributed by atoms with Crippen molar-refractivity contribution in [3.05, 3.63) is 53.9 Å². The van der Waals surface area contributed by atoms with Gasteiger partial charge in [-0.15, -0.1) is 0 Å². The monoisotopic (exact) mass is 239 g/mol. The van der Waals surface area contributed by atoms with E-state index in [0.717, 1.165) is 10.8 Å². The van der Waals surface area contributed by atoms with Gasteiger partial charge < -0.3 is 0 Å². The molecule has 0 amide bonds. The molecule has 0 unspecified atom stereocenters. The SMILES string of the molecule is C[Si]1(C)c2ccccc2C(=O)c2ncccc21. The van der Waals surface area contributed by atoms with E-state index in [-0.39, 0.29) is 5.78 Å². The van der Waals surface area contributed by atoms with E-state index in [1.165, 1.54) is 5.19 Å². The summed E-state index contributed by atoms with van der Waals surface area (Å²) in [5.41, 5.74) is 1.50. The quantitative estimate of drug-likeness (QED) is 0.651. The largest absolute Gasteiger partial charge is 0.287 e. The van der Waals surface area contributed by atoms with Crippen LogP contribution in [-0.4, -0.2) is 18.8 Å². The van der Waals surface area contributed by atoms with Gasteiger partial charge in [0.25, 0.3) is 0 Å². The third-order valence-corrected chi connectivity index (χ3v) is 7.07. The molecule has 2 aromatic rings. The van der Waals surface area contributed by atoms with Gasteiger partial charge in [-0.05, 0) is 16.4 Å². The minimum Gasteiger partial charge on any atom is -0.287 e. The fourth-order valence-electron chi connectivity index (χ4n) is 2.59. The van der Waals surface area contributed by atoms with Crippen molar-refractivity contribution in [2.24, 2.45) is 0 Å². The first-order valence-electron chi connectivity index (χ1n) is 5.72. The predicted molar refractivity (Wildman–Crippen MR) is 70.9 cm³/mol. The van der Waals surface area contributed by atoms with Gasteiger partial charge in [0, 0.05) is 11.8 Å². The second kappa shape index (κ2) is 3.37. The van der Waals surface area contributed by atoms with Gasteiger partial charge in [0.2, 0.25) is 5.78 Å². The van der Waals surface area contributed by atoms with Gasteiger partial charge in [-0.1, -0.05) is 43.4 Å². The summed E-state index contributed by atoms with van der Waals surface area (Å²) in [7, 11) is -1.76. The van der Waals surface area contributed by atoms with Crippen molar-refractivity contribution in [3.63, 3.8) is 0 Å². The number of carbonyl (C=O) groups excluding carboxylic acids is 1. The zero-order valence-corrected chi connectivity index (χ0v) is 10.9. The minimum atomic E-state index is -1.76. The maximum absolute atomic E-state index is 12.4. The Hall–Kier alpha value is -1.74. The van der Waals surface area contributed by atoms with Crippen LogP contribution in [0.3, 0.4) is 0 Å². The fourth-order valence-corrected chi connectivity index (χ4v) is 5.55. The van der Waals surface area contributed by atoms with Gasteiger partial charge >= 0.3 is 0 Å². The lowest BCUT2D eigenvalue weighted by molar-refractivity contribution is 0.103. The van der Waals surface area contributed by atoms with Gasteiger partial charge in [0.15, 0.2) is 0 Å². The Kier molecular flexibility index (Phi) is 2.07. The molecule has 84 valence electrons. The summed E-state index contributed by atoms with van der Waals surface area (Å²) in [6.45, 7) is 4.55. The predicted octanol–water partition coefficient (Wildman–Crippen LogP) is 1.45. The van der Waals surface area contributed by atoms with Crippen molar-refractivity contribution in [2.75, 3.05) is 0 Å². The van der Waals surface area contributed by atoms with Gasteiger partial charge in [0.1, 0.15) is 13.8 Å². The van der Waals surface area contributed by atoms with E-state index in [1.54, 1.807) is 6.20 Å². The highest BCUT2D eigenvalue weighted by Crippen LogP contribution is 2.18. The van der Waals surface area contributed by atoms with E-state index < -0.39 is 8.07 Å². The summed E-state index contributed by atoms with van der Waals surface area (Å²) in [4.78, 5) is 16.6. The van der Waals surface area contributed by atoms with Crippen LogP contribution in [0.5, 0.6) is 0 Å². The molecule has 0 radical (unpaired) electrons. The van der Waals surface area contributed by atoms with Crippen LogP contribution in [0.15, 0.2) is 42.6 Å². The summed E-state index contributed by atoms with van der Waals surface area (Å²) in [5.74, 6) is 0.0722. The van der Waals surface area contributed by atoms with E-state index in [2.05, 4.69) is 30.2 Å². The summed E-state index contributed by atoms with van der Waals surface area (Å²) >= 11 is 0. The Morgan fingerprint density at radius 3 is 2.53 bits per heavy atom. The Labute approximate surface area is 101 Å². The normalized spacial score (nSPS) is 16.2. The number of benzene rings is 1. The molecule has 0 saturated carbocycles. The zero-order chi connectivity index (χ0) is 12.0. The second-order valence-corrected chi connectivity index (χ2v) is 9.23. The van der Waals surface area contributed by atoms with Crippen LogP contribution >= 0.6 is 0 Å². The molecule has 2 nitrogen and oxygen atoms in total. The number of pyridine rings is 1. The van der Waals surface area contributed by atoms with E-state index in [0.29, 0.717) is 5.69 Å². The van der Waals surface area contributed by atoms with Crippen molar-refractivity contribution in [3.8, 4) is 0 Å². The number of hydrogen-bond donors (Lipinski definition) is 0. The van der Waals surface area contributed by atoms with Crippen molar-refractivity contribution in [1.29, 1.82) is 0 Å². The molecule has 0 N–H and O–H groups in total. The molecule has 3 rings (SSSR count). The van der Waals surface area contributed by atoms with Crippen LogP contribution in [0.25, 0.3) is 0 Å². The summed E-state index contributed by atoms with van der Waals surface area (Å²) in [5, 5.41) is 2.38. The van der Waals surface area contributed by atoms with E-state index in [4.69, 9.17) is 0 Å². The molecule has 0 bridgehead atoms. The molecule has 1 aliphatic heterocycles. The molecule has 0 fully saturated rings. The average Bonchev–Trinajstić information content (AvgIpc) is 2.37. The molecule has 1 aliphatic rings. The lowest BCUT2D eigenvalue weighted by Crippen LogP contribution is -2.60. The Balaban J connectivity index is 2.38. The van der Waals surface area contributed by atoms with Crippen LogP contribution in [-0.2, 0) is 0 Å². The maximum atomic E-state index is 12.4. The smallest absolute Gasteiger partial charge is 0.211 e. The van der Waals surface area contributed by atoms with Gasteiger partial charge in [-0.2, -0.15) is 0 Å². The highest BCUT2D eigenvalue weighted by Gasteiger charge is 2.38. The minimum absolute atomic E-state index is 0.0722. The topological polar surface area (TPSA) is 30.0 Å². The maximum Gasteiger partial charge on any atom is 0.211 e. The first-order valence-corrected chi connectivity index (χ1v) is 8.72. The number of rotatable bonds is 0. The Bertz CT molecular complexity index is 568. The summed E-state index contributed by atoms with van der Waals surface area (Å²) < 4.78 is 0. The molecule has 17 heavy (non-hydrogen) atoms. The molecule has 0 aliphatic carbocycles. The third kappa shape index (κ3) is 1.32. The molecule has 2 heterocycles. The molecule has 3 heteroatoms. The van der Waals surface area contributed by atoms with Crippen molar-refractivity contribution < 1.29 is 4.79 Å². The third-order valence-electron chi connectivity index (χ3n) is 3.54. The summed E-state index contributed by atoms with van der Waals surface area (Å²) in [6.07, 6.45) is 1.70. The molecular weight excluding hydrogens is 226 g/mol. The fraction of sp³-hybridized carbons (Fsp3) is 0.143. The average molecular weight is 239 g/mol. The highest BCUT2D eigenvalue weighted by molar-refractivity contribution is 7.02. The van der Waals surface area contributed by atoms with Crippen LogP contribution in [0.1, 0.15) is 16.1 Å². The standard InChI is InChI=1S/C14H13NOSi/c1-17(2)11-7-4-3-6-10(11)14(16)13-12(17)8-5-9-15-13/h3-9H,1-2H3. The number of aromatic nitrogens is 1. The van der Waals surface area contributed by atoms with E-state index in [1.807, 2.05) is 24.3 Å². The van der Waals surface area contributed by atoms with Gasteiger partial charge in [-0.25, -0.2) is 0 Å². The van der Waals surface area contributed by atoms with Crippen LogP contribution in [0.4, 0.5) is 0 Å². The zero-order valence-electron chi connectivity index (χ0n) is 9.90. The molecular formula is C14H13NOSi. The second-order valence-electron chi connectivity index (χ2n) is 4.90. The highest BCUT2D eigenvalue weighted by atomic mass is 28.3. The first kappa shape index (κ1) is 10.4. The number of hydrogen-bond acceptors (Lipinski definition) is 2. The van der Waals surface area contributed by atoms with Crippen LogP contribution in [0.2, 0.25) is 13.1 Å². The Morgan fingerprint density at radius 2 is 1.71 bits per heavy atom.